The van der Waals surface area contributed by atoms with E-state index in [0.29, 0.717) is 29.9 Å². The van der Waals surface area contributed by atoms with E-state index in [-0.39, 0.29) is 24.4 Å². The first-order chi connectivity index (χ1) is 11.7. The normalized spacial score (nSPS) is 12.2. The zero-order chi connectivity index (χ0) is 18.8. The van der Waals surface area contributed by atoms with Gasteiger partial charge in [0.15, 0.2) is 0 Å². The number of aryl methyl sites for hydroxylation is 2. The third-order valence-electron chi connectivity index (χ3n) is 4.00. The minimum atomic E-state index is -3.23. The lowest BCUT2D eigenvalue weighted by atomic mass is 10.2. The maximum absolute atomic E-state index is 12.7. The first kappa shape index (κ1) is 19.8. The maximum Gasteiger partial charge on any atom is 0.332 e. The Morgan fingerprint density at radius 2 is 1.92 bits per heavy atom. The molecule has 25 heavy (non-hydrogen) atoms. The molecule has 0 unspecified atom stereocenters. The van der Waals surface area contributed by atoms with Crippen LogP contribution in [0.3, 0.4) is 0 Å². The zero-order valence-electron chi connectivity index (χ0n) is 14.7. The van der Waals surface area contributed by atoms with Gasteiger partial charge in [-0.1, -0.05) is 0 Å². The smallest absolute Gasteiger partial charge is 0.329 e. The van der Waals surface area contributed by atoms with Gasteiger partial charge in [-0.2, -0.15) is 0 Å². The average molecular weight is 389 g/mol. The monoisotopic (exact) mass is 388 g/mol. The van der Waals surface area contributed by atoms with Gasteiger partial charge in [-0.05, 0) is 19.4 Å². The number of nitrogens with two attached hydrogens (primary N) is 1. The lowest BCUT2D eigenvalue weighted by Crippen LogP contribution is -2.40. The number of nitrogens with one attached hydrogen (secondary N) is 1. The second-order valence-electron chi connectivity index (χ2n) is 5.91. The number of fused-ring (bicyclic) bond motifs is 1. The fourth-order valence-electron chi connectivity index (χ4n) is 2.65. The van der Waals surface area contributed by atoms with Crippen LogP contribution in [0, 0.1) is 6.92 Å². The van der Waals surface area contributed by atoms with E-state index in [4.69, 9.17) is 5.73 Å². The zero-order valence-corrected chi connectivity index (χ0v) is 16.3. The molecule has 8 nitrogen and oxygen atoms in total. The van der Waals surface area contributed by atoms with Crippen molar-refractivity contribution in [2.75, 3.05) is 25.1 Å². The number of sulfone groups is 1. The quantitative estimate of drug-likeness (QED) is 0.597. The highest BCUT2D eigenvalue weighted by Gasteiger charge is 2.19. The van der Waals surface area contributed by atoms with Crippen LogP contribution in [-0.4, -0.2) is 42.7 Å². The summed E-state index contributed by atoms with van der Waals surface area (Å²) >= 11 is 1.35. The molecule has 2 aromatic heterocycles. The van der Waals surface area contributed by atoms with Crippen LogP contribution < -0.4 is 22.3 Å². The van der Waals surface area contributed by atoms with Crippen LogP contribution in [0.5, 0.6) is 0 Å². The predicted octanol–water partition coefficient (Wildman–Crippen LogP) is -0.354. The SMILES string of the molecule is CCn1c(=O)c2c(C)c(CNCCN)sc2n(CCS(C)(=O)=O)c1=O. The molecule has 2 rings (SSSR count). The van der Waals surface area contributed by atoms with Gasteiger partial charge >= 0.3 is 5.69 Å². The van der Waals surface area contributed by atoms with Gasteiger partial charge in [0.25, 0.3) is 5.56 Å². The van der Waals surface area contributed by atoms with Crippen molar-refractivity contribution in [2.24, 2.45) is 5.73 Å². The van der Waals surface area contributed by atoms with Crippen molar-refractivity contribution in [1.29, 1.82) is 0 Å². The fraction of sp³-hybridized carbons (Fsp3) is 0.600. The lowest BCUT2D eigenvalue weighted by molar-refractivity contribution is 0.583. The molecule has 0 saturated heterocycles. The third kappa shape index (κ3) is 4.20. The number of thiophene rings is 1. The Balaban J connectivity index is 2.66. The summed E-state index contributed by atoms with van der Waals surface area (Å²) in [5.41, 5.74) is 5.51. The van der Waals surface area contributed by atoms with Gasteiger partial charge in [-0.25, -0.2) is 13.2 Å². The summed E-state index contributed by atoms with van der Waals surface area (Å²) in [7, 11) is -3.23. The van der Waals surface area contributed by atoms with Crippen LogP contribution in [0.15, 0.2) is 9.59 Å². The van der Waals surface area contributed by atoms with Gasteiger partial charge in [-0.3, -0.25) is 13.9 Å². The summed E-state index contributed by atoms with van der Waals surface area (Å²) in [5.74, 6) is -0.151. The highest BCUT2D eigenvalue weighted by atomic mass is 32.2. The minimum absolute atomic E-state index is 0.0318. The van der Waals surface area contributed by atoms with E-state index in [1.54, 1.807) is 6.92 Å². The maximum atomic E-state index is 12.7. The second-order valence-corrected chi connectivity index (χ2v) is 9.25. The fourth-order valence-corrected chi connectivity index (χ4v) is 4.45. The van der Waals surface area contributed by atoms with Crippen molar-refractivity contribution < 1.29 is 8.42 Å². The number of hydrogen-bond donors (Lipinski definition) is 2. The summed E-state index contributed by atoms with van der Waals surface area (Å²) in [6, 6.07) is 0. The Morgan fingerprint density at radius 1 is 1.24 bits per heavy atom. The van der Waals surface area contributed by atoms with Crippen LogP contribution >= 0.6 is 11.3 Å². The molecule has 0 atom stereocenters. The first-order valence-corrected chi connectivity index (χ1v) is 10.9. The van der Waals surface area contributed by atoms with Crippen molar-refractivity contribution in [2.45, 2.75) is 33.5 Å². The van der Waals surface area contributed by atoms with Gasteiger partial charge in [0.2, 0.25) is 0 Å². The molecule has 0 aromatic carbocycles. The highest BCUT2D eigenvalue weighted by Crippen LogP contribution is 2.27. The molecule has 2 heterocycles. The van der Waals surface area contributed by atoms with E-state index < -0.39 is 15.5 Å². The van der Waals surface area contributed by atoms with Crippen LogP contribution in [-0.2, 0) is 29.5 Å². The minimum Gasteiger partial charge on any atom is -0.329 e. The molecule has 0 fully saturated rings. The molecule has 2 aromatic rings. The molecule has 0 aliphatic rings. The van der Waals surface area contributed by atoms with Crippen LogP contribution in [0.2, 0.25) is 0 Å². The topological polar surface area (TPSA) is 116 Å². The van der Waals surface area contributed by atoms with Crippen LogP contribution in [0.4, 0.5) is 0 Å². The van der Waals surface area contributed by atoms with Crippen molar-refractivity contribution in [3.63, 3.8) is 0 Å². The van der Waals surface area contributed by atoms with E-state index in [0.717, 1.165) is 21.3 Å². The van der Waals surface area contributed by atoms with Crippen LogP contribution in [0.1, 0.15) is 17.4 Å². The Morgan fingerprint density at radius 3 is 2.48 bits per heavy atom. The molecule has 10 heteroatoms. The highest BCUT2D eigenvalue weighted by molar-refractivity contribution is 7.90. The summed E-state index contributed by atoms with van der Waals surface area (Å²) in [4.78, 5) is 26.8. The Kier molecular flexibility index (Phi) is 6.20. The molecule has 140 valence electrons. The van der Waals surface area contributed by atoms with Crippen molar-refractivity contribution in [1.82, 2.24) is 14.5 Å². The largest absolute Gasteiger partial charge is 0.332 e. The molecular formula is C15H24N4O4S2. The lowest BCUT2D eigenvalue weighted by Gasteiger charge is -2.10. The Hall–Kier alpha value is -1.49. The van der Waals surface area contributed by atoms with E-state index in [9.17, 15) is 18.0 Å². The summed E-state index contributed by atoms with van der Waals surface area (Å²) < 4.78 is 25.6. The van der Waals surface area contributed by atoms with Gasteiger partial charge in [0.1, 0.15) is 14.7 Å². The van der Waals surface area contributed by atoms with E-state index in [2.05, 4.69) is 5.32 Å². The summed E-state index contributed by atoms with van der Waals surface area (Å²) in [5, 5.41) is 3.68. The van der Waals surface area contributed by atoms with Gasteiger partial charge in [0, 0.05) is 43.9 Å². The number of nitrogens with zero attached hydrogens (tertiary/aromatic N) is 2. The number of rotatable bonds is 8. The summed E-state index contributed by atoms with van der Waals surface area (Å²) in [6.07, 6.45) is 1.13. The predicted molar refractivity (Wildman–Crippen MR) is 101 cm³/mol. The van der Waals surface area contributed by atoms with Crippen molar-refractivity contribution in [3.05, 3.63) is 31.3 Å². The number of aromatic nitrogens is 2. The van der Waals surface area contributed by atoms with E-state index >= 15 is 0 Å². The number of hydrogen-bond acceptors (Lipinski definition) is 7. The standard InChI is InChI=1S/C15H24N4O4S2/c1-4-18-13(20)12-10(2)11(9-17-6-5-16)24-14(12)19(15(18)21)7-8-25(3,22)23/h17H,4-9,16H2,1-3H3. The molecule has 0 saturated carbocycles. The van der Waals surface area contributed by atoms with Gasteiger partial charge in [0.05, 0.1) is 11.1 Å². The van der Waals surface area contributed by atoms with Crippen molar-refractivity contribution in [3.8, 4) is 0 Å². The summed E-state index contributed by atoms with van der Waals surface area (Å²) in [6.45, 7) is 5.55. The Bertz CT molecular complexity index is 986. The van der Waals surface area contributed by atoms with E-state index in [1.807, 2.05) is 6.92 Å². The van der Waals surface area contributed by atoms with Crippen molar-refractivity contribution >= 4 is 31.4 Å². The molecule has 0 aliphatic carbocycles. The second kappa shape index (κ2) is 7.81. The molecular weight excluding hydrogens is 364 g/mol. The molecule has 0 bridgehead atoms. The first-order valence-electron chi connectivity index (χ1n) is 8.05. The molecule has 3 N–H and O–H groups in total. The average Bonchev–Trinajstić information content (AvgIpc) is 2.84. The molecule has 0 aliphatic heterocycles. The third-order valence-corrected chi connectivity index (χ3v) is 6.24. The van der Waals surface area contributed by atoms with Crippen LogP contribution in [0.25, 0.3) is 10.2 Å². The molecule has 0 radical (unpaired) electrons. The Labute approximate surface area is 150 Å². The molecule has 0 amide bonds. The molecule has 0 spiro atoms. The van der Waals surface area contributed by atoms with Gasteiger partial charge in [-0.15, -0.1) is 11.3 Å². The van der Waals surface area contributed by atoms with E-state index in [1.165, 1.54) is 15.9 Å². The van der Waals surface area contributed by atoms with Gasteiger partial charge < -0.3 is 11.1 Å².